The first-order valence-corrected chi connectivity index (χ1v) is 2.62. The molecule has 0 saturated heterocycles. The molecular formula is C5H6NNaOS. The van der Waals surface area contributed by atoms with Crippen molar-refractivity contribution >= 4 is 42.2 Å². The summed E-state index contributed by atoms with van der Waals surface area (Å²) in [5.74, 6) is 0. The van der Waals surface area contributed by atoms with E-state index in [-0.39, 0.29) is 35.1 Å². The van der Waals surface area contributed by atoms with Crippen molar-refractivity contribution in [1.82, 2.24) is 4.98 Å². The van der Waals surface area contributed by atoms with Crippen molar-refractivity contribution in [2.24, 2.45) is 0 Å². The fourth-order valence-electron chi connectivity index (χ4n) is 0.436. The van der Waals surface area contributed by atoms with Crippen LogP contribution in [0.2, 0.25) is 0 Å². The molecule has 1 aromatic heterocycles. The Bertz CT molecular complexity index is 234. The molecule has 1 rings (SSSR count). The van der Waals surface area contributed by atoms with Gasteiger partial charge in [0.25, 0.3) is 0 Å². The topological polar surface area (TPSA) is 32.9 Å². The fourth-order valence-corrected chi connectivity index (χ4v) is 0.632. The third-order valence-corrected chi connectivity index (χ3v) is 1.01. The van der Waals surface area contributed by atoms with Crippen LogP contribution in [0, 0.1) is 0 Å². The molecule has 0 radical (unpaired) electrons. The van der Waals surface area contributed by atoms with E-state index in [9.17, 15) is 4.79 Å². The summed E-state index contributed by atoms with van der Waals surface area (Å²) >= 11 is 3.90. The van der Waals surface area contributed by atoms with Gasteiger partial charge >= 0.3 is 29.6 Å². The molecule has 0 aromatic carbocycles. The number of aromatic nitrogens is 1. The van der Waals surface area contributed by atoms with E-state index in [1.165, 1.54) is 6.07 Å². The van der Waals surface area contributed by atoms with E-state index in [2.05, 4.69) is 17.6 Å². The van der Waals surface area contributed by atoms with E-state index in [0.717, 1.165) is 0 Å². The van der Waals surface area contributed by atoms with Gasteiger partial charge in [-0.2, -0.15) is 0 Å². The number of hydrogen-bond donors (Lipinski definition) is 2. The van der Waals surface area contributed by atoms with Gasteiger partial charge in [0.05, 0.1) is 5.03 Å². The predicted molar refractivity (Wildman–Crippen MR) is 41.5 cm³/mol. The first-order valence-electron chi connectivity index (χ1n) is 2.17. The van der Waals surface area contributed by atoms with Crippen molar-refractivity contribution in [3.63, 3.8) is 0 Å². The maximum absolute atomic E-state index is 10.4. The quantitative estimate of drug-likeness (QED) is 0.397. The monoisotopic (exact) mass is 151 g/mol. The summed E-state index contributed by atoms with van der Waals surface area (Å²) in [6.45, 7) is 0. The molecule has 0 unspecified atom stereocenters. The van der Waals surface area contributed by atoms with Gasteiger partial charge in [0.2, 0.25) is 5.56 Å². The van der Waals surface area contributed by atoms with Gasteiger partial charge in [0.1, 0.15) is 0 Å². The molecule has 1 heterocycles. The van der Waals surface area contributed by atoms with Crippen molar-refractivity contribution in [3.8, 4) is 0 Å². The number of nitrogens with one attached hydrogen (secondary N) is 1. The summed E-state index contributed by atoms with van der Waals surface area (Å²) < 4.78 is 0. The molecule has 0 aliphatic rings. The van der Waals surface area contributed by atoms with Crippen LogP contribution in [-0.4, -0.2) is 34.5 Å². The Kier molecular flexibility index (Phi) is 4.31. The number of aromatic amines is 1. The molecule has 1 N–H and O–H groups in total. The zero-order chi connectivity index (χ0) is 5.98. The van der Waals surface area contributed by atoms with Gasteiger partial charge < -0.3 is 4.98 Å². The Morgan fingerprint density at radius 1 is 1.44 bits per heavy atom. The SMILES string of the molecule is O=c1cccc(S)[nH]1.[NaH]. The van der Waals surface area contributed by atoms with Crippen LogP contribution in [0.4, 0.5) is 0 Å². The van der Waals surface area contributed by atoms with Gasteiger partial charge in [-0.15, -0.1) is 12.6 Å². The maximum atomic E-state index is 10.4. The number of pyridine rings is 1. The summed E-state index contributed by atoms with van der Waals surface area (Å²) in [7, 11) is 0. The molecule has 9 heavy (non-hydrogen) atoms. The van der Waals surface area contributed by atoms with Crippen LogP contribution >= 0.6 is 12.6 Å². The standard InChI is InChI=1S/C5H5NOS.Na.H/c7-4-2-1-3-5(8)6-4;;/h1-3H,(H2,6,7,8);;. The summed E-state index contributed by atoms with van der Waals surface area (Å²) in [6.07, 6.45) is 0. The van der Waals surface area contributed by atoms with Crippen molar-refractivity contribution in [2.45, 2.75) is 5.03 Å². The number of H-pyrrole nitrogens is 1. The number of hydrogen-bond acceptors (Lipinski definition) is 2. The van der Waals surface area contributed by atoms with Crippen LogP contribution in [0.3, 0.4) is 0 Å². The second kappa shape index (κ2) is 4.17. The molecule has 0 atom stereocenters. The molecule has 0 fully saturated rings. The van der Waals surface area contributed by atoms with E-state index in [1.807, 2.05) is 0 Å². The van der Waals surface area contributed by atoms with Crippen LogP contribution in [0.1, 0.15) is 0 Å². The van der Waals surface area contributed by atoms with Crippen molar-refractivity contribution in [2.75, 3.05) is 0 Å². The fraction of sp³-hybridized carbons (Fsp3) is 0. The van der Waals surface area contributed by atoms with Crippen molar-refractivity contribution in [3.05, 3.63) is 28.6 Å². The molecule has 0 amide bonds. The Morgan fingerprint density at radius 3 is 2.44 bits per heavy atom. The third kappa shape index (κ3) is 3.11. The summed E-state index contributed by atoms with van der Waals surface area (Å²) in [5, 5.41) is 0.595. The van der Waals surface area contributed by atoms with Crippen LogP contribution in [0.5, 0.6) is 0 Å². The number of thiol groups is 1. The first kappa shape index (κ1) is 9.30. The molecule has 0 aliphatic carbocycles. The zero-order valence-corrected chi connectivity index (χ0v) is 4.98. The normalized spacial score (nSPS) is 8.11. The number of rotatable bonds is 0. The molecule has 2 nitrogen and oxygen atoms in total. The minimum absolute atomic E-state index is 0. The second-order valence-electron chi connectivity index (χ2n) is 1.40. The van der Waals surface area contributed by atoms with Gasteiger partial charge in [-0.05, 0) is 6.07 Å². The van der Waals surface area contributed by atoms with E-state index in [0.29, 0.717) is 5.03 Å². The second-order valence-corrected chi connectivity index (χ2v) is 1.88. The molecule has 0 saturated carbocycles. The Labute approximate surface area is 80.4 Å². The Morgan fingerprint density at radius 2 is 2.11 bits per heavy atom. The Balaban J connectivity index is 0.000000640. The van der Waals surface area contributed by atoms with Crippen LogP contribution in [0.25, 0.3) is 0 Å². The van der Waals surface area contributed by atoms with Crippen molar-refractivity contribution in [1.29, 1.82) is 0 Å². The van der Waals surface area contributed by atoms with E-state index in [4.69, 9.17) is 0 Å². The van der Waals surface area contributed by atoms with Crippen molar-refractivity contribution < 1.29 is 0 Å². The average molecular weight is 151 g/mol. The zero-order valence-electron chi connectivity index (χ0n) is 4.09. The minimum atomic E-state index is -0.113. The van der Waals surface area contributed by atoms with Gasteiger partial charge in [0.15, 0.2) is 0 Å². The Hall–Kier alpha value is 0.300. The van der Waals surface area contributed by atoms with Gasteiger partial charge in [0, 0.05) is 6.07 Å². The third-order valence-electron chi connectivity index (χ3n) is 0.753. The predicted octanol–water partition coefficient (Wildman–Crippen LogP) is 0.0151. The van der Waals surface area contributed by atoms with Crippen LogP contribution < -0.4 is 5.56 Å². The molecule has 0 spiro atoms. The molecular weight excluding hydrogens is 145 g/mol. The van der Waals surface area contributed by atoms with E-state index < -0.39 is 0 Å². The summed E-state index contributed by atoms with van der Waals surface area (Å²) in [4.78, 5) is 12.9. The average Bonchev–Trinajstić information content (AvgIpc) is 1.64. The van der Waals surface area contributed by atoms with Gasteiger partial charge in [-0.3, -0.25) is 4.79 Å². The van der Waals surface area contributed by atoms with Crippen LogP contribution in [-0.2, 0) is 0 Å². The van der Waals surface area contributed by atoms with E-state index >= 15 is 0 Å². The molecule has 0 bridgehead atoms. The van der Waals surface area contributed by atoms with Gasteiger partial charge in [-0.1, -0.05) is 6.07 Å². The van der Waals surface area contributed by atoms with E-state index in [1.54, 1.807) is 12.1 Å². The first-order chi connectivity index (χ1) is 3.79. The molecule has 1 aromatic rings. The molecule has 4 heteroatoms. The molecule has 44 valence electrons. The van der Waals surface area contributed by atoms with Crippen LogP contribution in [0.15, 0.2) is 28.0 Å². The van der Waals surface area contributed by atoms with Gasteiger partial charge in [-0.25, -0.2) is 0 Å². The molecule has 0 aliphatic heterocycles. The summed E-state index contributed by atoms with van der Waals surface area (Å²) in [6, 6.07) is 4.81. The summed E-state index contributed by atoms with van der Waals surface area (Å²) in [5.41, 5.74) is -0.113.